The van der Waals surface area contributed by atoms with E-state index in [1.807, 2.05) is 32.9 Å². The van der Waals surface area contributed by atoms with Gasteiger partial charge in [0.1, 0.15) is 5.60 Å². The number of carbonyl (C=O) groups excluding carboxylic acids is 2. The molecule has 0 saturated carbocycles. The molecular formula is C20H25NO5. The zero-order valence-corrected chi connectivity index (χ0v) is 15.7. The molecule has 0 N–H and O–H groups in total. The van der Waals surface area contributed by atoms with Crippen LogP contribution in [-0.4, -0.2) is 49.4 Å². The van der Waals surface area contributed by atoms with Gasteiger partial charge in [-0.3, -0.25) is 4.90 Å². The van der Waals surface area contributed by atoms with Gasteiger partial charge in [-0.15, -0.1) is 0 Å². The molecule has 6 heteroatoms. The first-order valence-corrected chi connectivity index (χ1v) is 8.73. The van der Waals surface area contributed by atoms with Crippen LogP contribution in [0.2, 0.25) is 0 Å². The maximum Gasteiger partial charge on any atom is 0.414 e. The molecule has 2 heterocycles. The molecule has 2 aliphatic rings. The van der Waals surface area contributed by atoms with Crippen LogP contribution in [-0.2, 0) is 14.2 Å². The summed E-state index contributed by atoms with van der Waals surface area (Å²) in [5.74, 6) is -0.387. The molecule has 0 radical (unpaired) electrons. The summed E-state index contributed by atoms with van der Waals surface area (Å²) in [4.78, 5) is 26.0. The molecule has 0 unspecified atom stereocenters. The number of nitrogens with zero attached hydrogens (tertiary/aromatic N) is 1. The Morgan fingerprint density at radius 2 is 1.81 bits per heavy atom. The number of esters is 1. The van der Waals surface area contributed by atoms with Crippen molar-refractivity contribution in [1.29, 1.82) is 0 Å². The molecule has 2 aliphatic heterocycles. The molecule has 1 aromatic carbocycles. The van der Waals surface area contributed by atoms with Crippen LogP contribution in [0, 0.1) is 5.41 Å². The van der Waals surface area contributed by atoms with E-state index in [1.165, 1.54) is 7.11 Å². The quantitative estimate of drug-likeness (QED) is 0.757. The van der Waals surface area contributed by atoms with E-state index in [4.69, 9.17) is 14.2 Å². The highest BCUT2D eigenvalue weighted by Gasteiger charge is 2.42. The van der Waals surface area contributed by atoms with Crippen molar-refractivity contribution in [2.45, 2.75) is 32.8 Å². The second kappa shape index (κ2) is 6.76. The van der Waals surface area contributed by atoms with Crippen LogP contribution in [0.15, 0.2) is 30.3 Å². The van der Waals surface area contributed by atoms with Gasteiger partial charge in [-0.25, -0.2) is 9.59 Å². The number of hydrogen-bond donors (Lipinski definition) is 0. The lowest BCUT2D eigenvalue weighted by atomic mass is 9.78. The highest BCUT2D eigenvalue weighted by Crippen LogP contribution is 2.41. The van der Waals surface area contributed by atoms with Crippen molar-refractivity contribution in [3.05, 3.63) is 41.5 Å². The monoisotopic (exact) mass is 359 g/mol. The molecule has 1 fully saturated rings. The van der Waals surface area contributed by atoms with Crippen molar-refractivity contribution < 1.29 is 23.8 Å². The van der Waals surface area contributed by atoms with Gasteiger partial charge >= 0.3 is 12.1 Å². The van der Waals surface area contributed by atoms with E-state index < -0.39 is 5.60 Å². The van der Waals surface area contributed by atoms with Crippen LogP contribution in [0.25, 0.3) is 5.70 Å². The van der Waals surface area contributed by atoms with E-state index in [2.05, 4.69) is 6.08 Å². The van der Waals surface area contributed by atoms with Crippen LogP contribution in [0.1, 0.15) is 43.1 Å². The summed E-state index contributed by atoms with van der Waals surface area (Å²) in [6.45, 7) is 7.46. The molecule has 0 atom stereocenters. The number of carbonyl (C=O) groups is 2. The highest BCUT2D eigenvalue weighted by atomic mass is 16.6. The lowest BCUT2D eigenvalue weighted by Gasteiger charge is -2.45. The second-order valence-corrected chi connectivity index (χ2v) is 7.84. The molecule has 3 rings (SSSR count). The highest BCUT2D eigenvalue weighted by molar-refractivity contribution is 5.90. The third-order valence-corrected chi connectivity index (χ3v) is 4.56. The van der Waals surface area contributed by atoms with Crippen LogP contribution in [0.5, 0.6) is 0 Å². The number of ether oxygens (including phenoxy) is 3. The largest absolute Gasteiger partial charge is 0.465 e. The average molecular weight is 359 g/mol. The molecule has 0 aromatic heterocycles. The van der Waals surface area contributed by atoms with E-state index in [0.29, 0.717) is 25.3 Å². The lowest BCUT2D eigenvalue weighted by molar-refractivity contribution is -0.0917. The first kappa shape index (κ1) is 18.5. The van der Waals surface area contributed by atoms with Crippen molar-refractivity contribution in [2.24, 2.45) is 5.41 Å². The minimum Gasteiger partial charge on any atom is -0.465 e. The molecular weight excluding hydrogens is 334 g/mol. The first-order valence-electron chi connectivity index (χ1n) is 8.73. The Morgan fingerprint density at radius 1 is 1.15 bits per heavy atom. The predicted molar refractivity (Wildman–Crippen MR) is 96.6 cm³/mol. The molecule has 1 spiro atoms. The molecule has 0 aliphatic carbocycles. The number of benzene rings is 1. The molecule has 140 valence electrons. The molecule has 0 bridgehead atoms. The zero-order chi connectivity index (χ0) is 18.9. The van der Waals surface area contributed by atoms with Gasteiger partial charge in [-0.2, -0.15) is 0 Å². The smallest absolute Gasteiger partial charge is 0.414 e. The Kier molecular flexibility index (Phi) is 4.80. The average Bonchev–Trinajstić information content (AvgIpc) is 2.57. The van der Waals surface area contributed by atoms with E-state index >= 15 is 0 Å². The van der Waals surface area contributed by atoms with Gasteiger partial charge in [0, 0.05) is 12.0 Å². The Balaban J connectivity index is 1.92. The van der Waals surface area contributed by atoms with Crippen molar-refractivity contribution in [3.63, 3.8) is 0 Å². The number of rotatable bonds is 2. The number of hydrogen-bond acceptors (Lipinski definition) is 5. The summed E-state index contributed by atoms with van der Waals surface area (Å²) in [7, 11) is 1.35. The predicted octanol–water partition coefficient (Wildman–Crippen LogP) is 3.47. The summed E-state index contributed by atoms with van der Waals surface area (Å²) >= 11 is 0. The summed E-state index contributed by atoms with van der Waals surface area (Å²) < 4.78 is 15.7. The van der Waals surface area contributed by atoms with E-state index in [1.54, 1.807) is 17.0 Å². The van der Waals surface area contributed by atoms with Crippen molar-refractivity contribution in [1.82, 2.24) is 4.90 Å². The molecule has 6 nitrogen and oxygen atoms in total. The lowest BCUT2D eigenvalue weighted by Crippen LogP contribution is -2.49. The summed E-state index contributed by atoms with van der Waals surface area (Å²) in [6.07, 6.45) is 2.59. The second-order valence-electron chi connectivity index (χ2n) is 7.84. The fraction of sp³-hybridized carbons (Fsp3) is 0.500. The molecule has 1 aromatic rings. The van der Waals surface area contributed by atoms with Crippen LogP contribution < -0.4 is 0 Å². The van der Waals surface area contributed by atoms with Crippen LogP contribution in [0.4, 0.5) is 4.79 Å². The first-order chi connectivity index (χ1) is 12.2. The minimum absolute atomic E-state index is 0.0190. The number of amides is 1. The van der Waals surface area contributed by atoms with Crippen molar-refractivity contribution in [3.8, 4) is 0 Å². The van der Waals surface area contributed by atoms with Crippen LogP contribution >= 0.6 is 0 Å². The van der Waals surface area contributed by atoms with Crippen molar-refractivity contribution in [2.75, 3.05) is 26.9 Å². The third-order valence-electron chi connectivity index (χ3n) is 4.56. The zero-order valence-electron chi connectivity index (χ0n) is 15.7. The van der Waals surface area contributed by atoms with Gasteiger partial charge in [0.05, 0.1) is 31.6 Å². The Morgan fingerprint density at radius 3 is 2.31 bits per heavy atom. The topological polar surface area (TPSA) is 65.1 Å². The van der Waals surface area contributed by atoms with Gasteiger partial charge in [-0.05, 0) is 51.0 Å². The Bertz CT molecular complexity index is 726. The maximum atomic E-state index is 12.7. The molecule has 26 heavy (non-hydrogen) atoms. The normalized spacial score (nSPS) is 18.8. The van der Waals surface area contributed by atoms with Gasteiger partial charge in [-0.1, -0.05) is 12.1 Å². The Hall–Kier alpha value is -2.34. The standard InChI is InChI=1S/C20H25NO5/c1-19(2,3)26-18(23)21-10-9-20(12-25-13-20)11-16(21)14-5-7-15(8-6-14)17(22)24-4/h5-8,11H,9-10,12-13H2,1-4H3. The van der Waals surface area contributed by atoms with Gasteiger partial charge in [0.2, 0.25) is 0 Å². The third kappa shape index (κ3) is 3.75. The maximum absolute atomic E-state index is 12.7. The van der Waals surface area contributed by atoms with E-state index in [-0.39, 0.29) is 17.5 Å². The van der Waals surface area contributed by atoms with Gasteiger partial charge in [0.25, 0.3) is 0 Å². The van der Waals surface area contributed by atoms with E-state index in [0.717, 1.165) is 17.7 Å². The van der Waals surface area contributed by atoms with E-state index in [9.17, 15) is 9.59 Å². The summed E-state index contributed by atoms with van der Waals surface area (Å²) in [6, 6.07) is 7.06. The van der Waals surface area contributed by atoms with Crippen molar-refractivity contribution >= 4 is 17.8 Å². The van der Waals surface area contributed by atoms with Gasteiger partial charge in [0.15, 0.2) is 0 Å². The SMILES string of the molecule is COC(=O)c1ccc(C2=CC3(CCN2C(=O)OC(C)(C)C)COC3)cc1. The van der Waals surface area contributed by atoms with Gasteiger partial charge < -0.3 is 14.2 Å². The molecule has 1 saturated heterocycles. The fourth-order valence-electron chi connectivity index (χ4n) is 3.13. The Labute approximate surface area is 153 Å². The minimum atomic E-state index is -0.564. The van der Waals surface area contributed by atoms with Crippen LogP contribution in [0.3, 0.4) is 0 Å². The fourth-order valence-corrected chi connectivity index (χ4v) is 3.13. The molecule has 1 amide bonds. The summed E-state index contributed by atoms with van der Waals surface area (Å²) in [5.41, 5.74) is 1.54. The summed E-state index contributed by atoms with van der Waals surface area (Å²) in [5, 5.41) is 0. The number of methoxy groups -OCH3 is 1.